The zero-order valence-corrected chi connectivity index (χ0v) is 26.8. The maximum atomic E-state index is 17.1. The van der Waals surface area contributed by atoms with E-state index in [2.05, 4.69) is 14.8 Å². The van der Waals surface area contributed by atoms with E-state index in [1.807, 2.05) is 13.1 Å². The van der Waals surface area contributed by atoms with E-state index in [1.54, 1.807) is 0 Å². The third-order valence-corrected chi connectivity index (χ3v) is 11.9. The summed E-state index contributed by atoms with van der Waals surface area (Å²) in [7, 11) is 1.95. The molecule has 2 saturated heterocycles. The summed E-state index contributed by atoms with van der Waals surface area (Å²) in [6.45, 7) is 1.72. The van der Waals surface area contributed by atoms with Crippen LogP contribution in [0, 0.1) is 28.9 Å². The van der Waals surface area contributed by atoms with Crippen molar-refractivity contribution in [1.29, 1.82) is 5.26 Å². The van der Waals surface area contributed by atoms with Gasteiger partial charge in [0.15, 0.2) is 11.6 Å². The second-order valence-corrected chi connectivity index (χ2v) is 14.5. The van der Waals surface area contributed by atoms with Gasteiger partial charge in [0, 0.05) is 42.9 Å². The van der Waals surface area contributed by atoms with Crippen LogP contribution in [0.2, 0.25) is 5.02 Å². The number of anilines is 2. The van der Waals surface area contributed by atoms with Crippen LogP contribution in [0.25, 0.3) is 32.1 Å². The van der Waals surface area contributed by atoms with Crippen LogP contribution < -0.4 is 20.1 Å². The molecule has 2 N–H and O–H groups in total. The van der Waals surface area contributed by atoms with E-state index in [1.165, 1.54) is 12.1 Å². The molecular weight excluding hydrogens is 637 g/mol. The molecule has 0 radical (unpaired) electrons. The average molecular weight is 669 g/mol. The first-order valence-electron chi connectivity index (χ1n) is 15.7. The van der Waals surface area contributed by atoms with Crippen LogP contribution >= 0.6 is 22.9 Å². The van der Waals surface area contributed by atoms with Crippen LogP contribution in [0.15, 0.2) is 12.1 Å². The number of fused-ring (bicyclic) bond motifs is 3. The summed E-state index contributed by atoms with van der Waals surface area (Å²) in [6.07, 6.45) is 5.20. The predicted octanol–water partition coefficient (Wildman–Crippen LogP) is 7.24. The molecule has 0 amide bonds. The van der Waals surface area contributed by atoms with Gasteiger partial charge in [-0.05, 0) is 43.9 Å². The summed E-state index contributed by atoms with van der Waals surface area (Å²) in [5, 5.41) is 10.5. The highest BCUT2D eigenvalue weighted by atomic mass is 35.5. The predicted molar refractivity (Wildman–Crippen MR) is 173 cm³/mol. The summed E-state index contributed by atoms with van der Waals surface area (Å²) in [5.74, 6) is -0.510. The number of hydrogen-bond acceptors (Lipinski definition) is 9. The molecule has 4 atom stereocenters. The second-order valence-electron chi connectivity index (χ2n) is 13.0. The van der Waals surface area contributed by atoms with E-state index in [-0.39, 0.29) is 72.6 Å². The number of ether oxygens (including phenoxy) is 2. The minimum atomic E-state index is -0.928. The van der Waals surface area contributed by atoms with Crippen LogP contribution in [0.4, 0.5) is 24.0 Å². The molecule has 0 spiro atoms. The molecular formula is C33H32ClF3N6O2S. The van der Waals surface area contributed by atoms with Gasteiger partial charge >= 0.3 is 6.01 Å². The zero-order valence-electron chi connectivity index (χ0n) is 25.2. The Morgan fingerprint density at radius 1 is 1.22 bits per heavy atom. The lowest BCUT2D eigenvalue weighted by molar-refractivity contribution is 0.107. The highest BCUT2D eigenvalue weighted by Crippen LogP contribution is 2.51. The van der Waals surface area contributed by atoms with Gasteiger partial charge in [0.2, 0.25) is 0 Å². The summed E-state index contributed by atoms with van der Waals surface area (Å²) < 4.78 is 59.5. The Morgan fingerprint density at radius 3 is 2.87 bits per heavy atom. The number of nitrogens with zero attached hydrogens (tertiary/aromatic N) is 5. The second kappa shape index (κ2) is 11.0. The van der Waals surface area contributed by atoms with Crippen LogP contribution in [0.3, 0.4) is 0 Å². The van der Waals surface area contributed by atoms with Gasteiger partial charge in [0.05, 0.1) is 32.8 Å². The Bertz CT molecular complexity index is 1950. The quantitative estimate of drug-likeness (QED) is 0.243. The van der Waals surface area contributed by atoms with Crippen molar-refractivity contribution in [2.45, 2.75) is 62.7 Å². The maximum absolute atomic E-state index is 17.1. The van der Waals surface area contributed by atoms with Crippen molar-refractivity contribution in [3.63, 3.8) is 0 Å². The van der Waals surface area contributed by atoms with Gasteiger partial charge in [0.25, 0.3) is 0 Å². The van der Waals surface area contributed by atoms with Gasteiger partial charge in [-0.15, -0.1) is 11.3 Å². The van der Waals surface area contributed by atoms with Crippen molar-refractivity contribution in [3.8, 4) is 29.0 Å². The van der Waals surface area contributed by atoms with E-state index >= 15 is 4.39 Å². The number of nitrogen functional groups attached to an aromatic ring is 1. The molecule has 2 aromatic heterocycles. The normalized spacial score (nSPS) is 26.0. The summed E-state index contributed by atoms with van der Waals surface area (Å²) in [4.78, 5) is 13.7. The molecule has 2 unspecified atom stereocenters. The van der Waals surface area contributed by atoms with Gasteiger partial charge in [0.1, 0.15) is 41.0 Å². The Labute approximate surface area is 272 Å². The first kappa shape index (κ1) is 29.8. The topological polar surface area (TPSA) is 101 Å². The minimum absolute atomic E-state index is 0.0202. The van der Waals surface area contributed by atoms with E-state index in [0.717, 1.165) is 56.4 Å². The molecule has 8 nitrogen and oxygen atoms in total. The summed E-state index contributed by atoms with van der Waals surface area (Å²) in [5.41, 5.74) is 5.78. The lowest BCUT2D eigenvalue weighted by Gasteiger charge is -2.40. The fourth-order valence-corrected chi connectivity index (χ4v) is 9.61. The standard InChI is InChI=1S/C33H32ClF3N6O2S/c1-42-21-6-3-2-5-16(21)14-44-28-24-27(40-32(41-31(24)42)45-15-33-9-4-10-43(33)13-17(35)11-33)26(37)23(25(28)34)18-7-8-20(36)29-22(18)19(12-38)30(39)46-29/h7-8,16-17,21H,2-6,9-11,13-15,39H2,1H3/t16?,17-,21?,33+/m1/s1. The molecule has 1 aliphatic carbocycles. The van der Waals surface area contributed by atoms with Crippen molar-refractivity contribution in [2.24, 2.45) is 5.92 Å². The first-order chi connectivity index (χ1) is 22.2. The molecule has 13 heteroatoms. The Morgan fingerprint density at radius 2 is 2.04 bits per heavy atom. The van der Waals surface area contributed by atoms with E-state index < -0.39 is 23.3 Å². The van der Waals surface area contributed by atoms with E-state index in [9.17, 15) is 14.0 Å². The molecule has 3 fully saturated rings. The fraction of sp³-hybridized carbons (Fsp3) is 0.485. The third kappa shape index (κ3) is 4.42. The molecule has 4 aromatic rings. The molecule has 5 heterocycles. The highest BCUT2D eigenvalue weighted by Gasteiger charge is 2.49. The number of benzene rings is 2. The van der Waals surface area contributed by atoms with Crippen LogP contribution in [0.5, 0.6) is 11.8 Å². The van der Waals surface area contributed by atoms with Crippen molar-refractivity contribution in [3.05, 3.63) is 34.4 Å². The lowest BCUT2D eigenvalue weighted by Crippen LogP contribution is -2.44. The van der Waals surface area contributed by atoms with Crippen LogP contribution in [0.1, 0.15) is 50.5 Å². The summed E-state index contributed by atoms with van der Waals surface area (Å²) in [6, 6.07) is 4.74. The SMILES string of the molecule is CN1c2nc(OC[C@@]34CCCN3C[C@H](F)C4)nc3c(F)c(-c4ccc(F)c5sc(N)c(C#N)c45)c(Cl)c(c23)OCC2CCCCC21. The largest absolute Gasteiger partial charge is 0.491 e. The van der Waals surface area contributed by atoms with Crippen molar-refractivity contribution in [1.82, 2.24) is 14.9 Å². The van der Waals surface area contributed by atoms with Crippen LogP contribution in [-0.4, -0.2) is 66.0 Å². The van der Waals surface area contributed by atoms with Gasteiger partial charge in [-0.1, -0.05) is 30.5 Å². The van der Waals surface area contributed by atoms with Crippen molar-refractivity contribution >= 4 is 54.7 Å². The molecule has 0 bridgehead atoms. The molecule has 2 aromatic carbocycles. The average Bonchev–Trinajstić information content (AvgIpc) is 3.69. The Kier molecular flexibility index (Phi) is 7.16. The zero-order chi connectivity index (χ0) is 31.9. The van der Waals surface area contributed by atoms with Gasteiger partial charge in [-0.3, -0.25) is 4.90 Å². The molecule has 4 aliphatic rings. The lowest BCUT2D eigenvalue weighted by atomic mass is 9.83. The number of hydrogen-bond donors (Lipinski definition) is 1. The fourth-order valence-electron chi connectivity index (χ4n) is 8.32. The number of alkyl halides is 1. The minimum Gasteiger partial charge on any atom is -0.491 e. The van der Waals surface area contributed by atoms with Crippen molar-refractivity contribution < 1.29 is 22.6 Å². The number of aromatic nitrogens is 2. The van der Waals surface area contributed by atoms with Gasteiger partial charge < -0.3 is 20.1 Å². The van der Waals surface area contributed by atoms with Crippen LogP contribution in [-0.2, 0) is 0 Å². The Balaban J connectivity index is 1.35. The monoisotopic (exact) mass is 668 g/mol. The van der Waals surface area contributed by atoms with E-state index in [4.69, 9.17) is 31.8 Å². The van der Waals surface area contributed by atoms with E-state index in [0.29, 0.717) is 30.8 Å². The number of halogens is 4. The number of thiophene rings is 1. The number of rotatable bonds is 4. The summed E-state index contributed by atoms with van der Waals surface area (Å²) >= 11 is 7.99. The van der Waals surface area contributed by atoms with Gasteiger partial charge in [-0.2, -0.15) is 15.2 Å². The number of nitrogens with two attached hydrogens (primary N) is 1. The molecule has 46 heavy (non-hydrogen) atoms. The molecule has 1 saturated carbocycles. The molecule has 3 aliphatic heterocycles. The van der Waals surface area contributed by atoms with Gasteiger partial charge in [-0.25, -0.2) is 13.2 Å². The first-order valence-corrected chi connectivity index (χ1v) is 16.9. The third-order valence-electron chi connectivity index (χ3n) is 10.5. The Hall–Kier alpha value is -3.53. The van der Waals surface area contributed by atoms with Crippen molar-refractivity contribution in [2.75, 3.05) is 44.0 Å². The number of nitriles is 1. The smallest absolute Gasteiger partial charge is 0.319 e. The maximum Gasteiger partial charge on any atom is 0.319 e. The highest BCUT2D eigenvalue weighted by molar-refractivity contribution is 7.23. The molecule has 8 rings (SSSR count). The molecule has 240 valence electrons.